The molecule has 0 saturated heterocycles. The fourth-order valence-corrected chi connectivity index (χ4v) is 1.75. The second-order valence-electron chi connectivity index (χ2n) is 4.15. The van der Waals surface area contributed by atoms with Crippen molar-refractivity contribution in [2.24, 2.45) is 5.73 Å². The first-order valence-electron chi connectivity index (χ1n) is 6.22. The number of ether oxygens (including phenoxy) is 1. The van der Waals surface area contributed by atoms with Gasteiger partial charge in [-0.2, -0.15) is 4.98 Å². The molecule has 0 fully saturated rings. The van der Waals surface area contributed by atoms with E-state index in [4.69, 9.17) is 15.0 Å². The summed E-state index contributed by atoms with van der Waals surface area (Å²) < 4.78 is 12.1. The second-order valence-corrected chi connectivity index (χ2v) is 4.15. The smallest absolute Gasteiger partial charge is 0.278 e. The number of rotatable bonds is 5. The van der Waals surface area contributed by atoms with Crippen molar-refractivity contribution in [3.63, 3.8) is 0 Å². The van der Waals surface area contributed by atoms with Crippen molar-refractivity contribution in [3.8, 4) is 29.0 Å². The van der Waals surface area contributed by atoms with Crippen LogP contribution in [0.25, 0.3) is 23.1 Å². The van der Waals surface area contributed by atoms with Crippen molar-refractivity contribution in [2.45, 2.75) is 6.54 Å². The van der Waals surface area contributed by atoms with Crippen molar-refractivity contribution >= 4 is 0 Å². The van der Waals surface area contributed by atoms with E-state index in [9.17, 15) is 0 Å². The standard InChI is InChI=1S/C12H13N7O2/c1-20-10-4-8(14-6-15-10)11-17-12(21-18-11)9-5-19(3-2-13)7-16-9/h4-7H,2-3,13H2,1H3. The zero-order valence-corrected chi connectivity index (χ0v) is 11.3. The first kappa shape index (κ1) is 13.2. The molecule has 0 amide bonds. The Labute approximate surface area is 119 Å². The van der Waals surface area contributed by atoms with Gasteiger partial charge < -0.3 is 19.6 Å². The van der Waals surface area contributed by atoms with Crippen LogP contribution >= 0.6 is 0 Å². The lowest BCUT2D eigenvalue weighted by Gasteiger charge is -1.97. The molecular formula is C12H13N7O2. The van der Waals surface area contributed by atoms with Gasteiger partial charge in [0, 0.05) is 25.4 Å². The largest absolute Gasteiger partial charge is 0.481 e. The summed E-state index contributed by atoms with van der Waals surface area (Å²) in [6.07, 6.45) is 4.84. The van der Waals surface area contributed by atoms with Gasteiger partial charge in [-0.15, -0.1) is 0 Å². The highest BCUT2D eigenvalue weighted by Crippen LogP contribution is 2.20. The Morgan fingerprint density at radius 3 is 3.00 bits per heavy atom. The van der Waals surface area contributed by atoms with Crippen LogP contribution in [0.1, 0.15) is 0 Å². The van der Waals surface area contributed by atoms with Gasteiger partial charge in [0.15, 0.2) is 0 Å². The van der Waals surface area contributed by atoms with Crippen molar-refractivity contribution in [1.29, 1.82) is 0 Å². The molecule has 9 heteroatoms. The highest BCUT2D eigenvalue weighted by atomic mass is 16.5. The maximum atomic E-state index is 5.49. The van der Waals surface area contributed by atoms with Gasteiger partial charge in [0.05, 0.1) is 13.4 Å². The molecule has 0 aliphatic heterocycles. The topological polar surface area (TPSA) is 118 Å². The number of imidazole rings is 1. The summed E-state index contributed by atoms with van der Waals surface area (Å²) in [7, 11) is 1.53. The van der Waals surface area contributed by atoms with Crippen LogP contribution < -0.4 is 10.5 Å². The molecular weight excluding hydrogens is 274 g/mol. The first-order chi connectivity index (χ1) is 10.3. The van der Waals surface area contributed by atoms with E-state index < -0.39 is 0 Å². The summed E-state index contributed by atoms with van der Waals surface area (Å²) in [6.45, 7) is 1.21. The Hall–Kier alpha value is -2.81. The zero-order valence-electron chi connectivity index (χ0n) is 11.3. The van der Waals surface area contributed by atoms with Crippen LogP contribution in [-0.2, 0) is 6.54 Å². The van der Waals surface area contributed by atoms with Crippen molar-refractivity contribution in [1.82, 2.24) is 29.7 Å². The second kappa shape index (κ2) is 5.67. The van der Waals surface area contributed by atoms with E-state index in [1.54, 1.807) is 18.6 Å². The van der Waals surface area contributed by atoms with Crippen LogP contribution in [0.3, 0.4) is 0 Å². The normalized spacial score (nSPS) is 10.8. The Morgan fingerprint density at radius 1 is 1.29 bits per heavy atom. The average molecular weight is 287 g/mol. The van der Waals surface area contributed by atoms with Crippen molar-refractivity contribution in [3.05, 3.63) is 24.9 Å². The van der Waals surface area contributed by atoms with Gasteiger partial charge in [0.25, 0.3) is 5.89 Å². The van der Waals surface area contributed by atoms with Gasteiger partial charge in [-0.1, -0.05) is 5.16 Å². The SMILES string of the molecule is COc1cc(-c2noc(-c3cn(CCN)cn3)n2)ncn1. The third kappa shape index (κ3) is 2.72. The summed E-state index contributed by atoms with van der Waals surface area (Å²) >= 11 is 0. The van der Waals surface area contributed by atoms with Crippen LogP contribution in [0.2, 0.25) is 0 Å². The molecule has 0 bridgehead atoms. The van der Waals surface area contributed by atoms with E-state index in [2.05, 4.69) is 25.1 Å². The third-order valence-corrected chi connectivity index (χ3v) is 2.75. The molecule has 0 radical (unpaired) electrons. The Balaban J connectivity index is 1.88. The van der Waals surface area contributed by atoms with E-state index in [1.807, 2.05) is 4.57 Å². The monoisotopic (exact) mass is 287 g/mol. The lowest BCUT2D eigenvalue weighted by Crippen LogP contribution is -2.07. The molecule has 0 atom stereocenters. The predicted octanol–water partition coefficient (Wildman–Crippen LogP) is 0.357. The lowest BCUT2D eigenvalue weighted by atomic mass is 10.4. The van der Waals surface area contributed by atoms with Crippen molar-refractivity contribution in [2.75, 3.05) is 13.7 Å². The van der Waals surface area contributed by atoms with Gasteiger partial charge in [-0.3, -0.25) is 0 Å². The number of aromatic nitrogens is 6. The number of methoxy groups -OCH3 is 1. The molecule has 3 rings (SSSR count). The van der Waals surface area contributed by atoms with Gasteiger partial charge >= 0.3 is 0 Å². The van der Waals surface area contributed by atoms with Gasteiger partial charge in [-0.05, 0) is 0 Å². The quantitative estimate of drug-likeness (QED) is 0.714. The van der Waals surface area contributed by atoms with E-state index >= 15 is 0 Å². The van der Waals surface area contributed by atoms with E-state index in [1.165, 1.54) is 13.4 Å². The fourth-order valence-electron chi connectivity index (χ4n) is 1.75. The molecule has 3 aromatic heterocycles. The molecule has 0 aromatic carbocycles. The summed E-state index contributed by atoms with van der Waals surface area (Å²) in [6, 6.07) is 1.63. The molecule has 3 heterocycles. The number of hydrogen-bond acceptors (Lipinski definition) is 8. The summed E-state index contributed by atoms with van der Waals surface area (Å²) in [4.78, 5) is 16.5. The third-order valence-electron chi connectivity index (χ3n) is 2.75. The Morgan fingerprint density at radius 2 is 2.19 bits per heavy atom. The lowest BCUT2D eigenvalue weighted by molar-refractivity contribution is 0.397. The summed E-state index contributed by atoms with van der Waals surface area (Å²) in [5, 5.41) is 3.89. The summed E-state index contributed by atoms with van der Waals surface area (Å²) in [5.41, 5.74) is 6.59. The minimum Gasteiger partial charge on any atom is -0.481 e. The molecule has 9 nitrogen and oxygen atoms in total. The van der Waals surface area contributed by atoms with Crippen LogP contribution in [0.15, 0.2) is 29.4 Å². The molecule has 21 heavy (non-hydrogen) atoms. The van der Waals surface area contributed by atoms with Gasteiger partial charge in [0.2, 0.25) is 11.7 Å². The minimum absolute atomic E-state index is 0.318. The van der Waals surface area contributed by atoms with E-state index in [0.717, 1.165) is 0 Å². The maximum Gasteiger partial charge on any atom is 0.278 e. The van der Waals surface area contributed by atoms with Crippen molar-refractivity contribution < 1.29 is 9.26 Å². The molecule has 0 saturated carbocycles. The average Bonchev–Trinajstić information content (AvgIpc) is 3.16. The van der Waals surface area contributed by atoms with Crippen LogP contribution in [0, 0.1) is 0 Å². The molecule has 0 unspecified atom stereocenters. The maximum absolute atomic E-state index is 5.49. The highest BCUT2D eigenvalue weighted by molar-refractivity contribution is 5.54. The molecule has 0 spiro atoms. The highest BCUT2D eigenvalue weighted by Gasteiger charge is 2.14. The van der Waals surface area contributed by atoms with E-state index in [0.29, 0.717) is 42.1 Å². The van der Waals surface area contributed by atoms with Crippen LogP contribution in [0.4, 0.5) is 0 Å². The number of nitrogens with zero attached hydrogens (tertiary/aromatic N) is 6. The predicted molar refractivity (Wildman–Crippen MR) is 72.2 cm³/mol. The molecule has 0 aliphatic carbocycles. The van der Waals surface area contributed by atoms with Crippen LogP contribution in [-0.4, -0.2) is 43.3 Å². The fraction of sp³-hybridized carbons (Fsp3) is 0.250. The molecule has 108 valence electrons. The van der Waals surface area contributed by atoms with Gasteiger partial charge in [-0.25, -0.2) is 15.0 Å². The Kier molecular flexibility index (Phi) is 3.56. The molecule has 0 aliphatic rings. The molecule has 3 aromatic rings. The zero-order chi connectivity index (χ0) is 14.7. The molecule has 2 N–H and O–H groups in total. The first-order valence-corrected chi connectivity index (χ1v) is 6.22. The minimum atomic E-state index is 0.318. The number of nitrogens with two attached hydrogens (primary N) is 1. The summed E-state index contributed by atoms with van der Waals surface area (Å²) in [5.74, 6) is 1.09. The van der Waals surface area contributed by atoms with Gasteiger partial charge in [0.1, 0.15) is 17.7 Å². The number of hydrogen-bond donors (Lipinski definition) is 1. The van der Waals surface area contributed by atoms with E-state index in [-0.39, 0.29) is 0 Å². The van der Waals surface area contributed by atoms with Crippen LogP contribution in [0.5, 0.6) is 5.88 Å². The Bertz CT molecular complexity index is 737.